The van der Waals surface area contributed by atoms with Crippen LogP contribution in [0.25, 0.3) is 0 Å². The summed E-state index contributed by atoms with van der Waals surface area (Å²) in [7, 11) is 0. The summed E-state index contributed by atoms with van der Waals surface area (Å²) in [6, 6.07) is 6.72. The van der Waals surface area contributed by atoms with Crippen LogP contribution in [-0.4, -0.2) is 51.5 Å². The van der Waals surface area contributed by atoms with Crippen molar-refractivity contribution in [3.63, 3.8) is 0 Å². The highest BCUT2D eigenvalue weighted by Gasteiger charge is 2.15. The lowest BCUT2D eigenvalue weighted by molar-refractivity contribution is 0.0424. The van der Waals surface area contributed by atoms with Crippen molar-refractivity contribution < 1.29 is 9.47 Å². The SMILES string of the molecule is CCNC(=NCCCOC1CCOC1)NCCc1cc(C)cc(C)c1.I. The molecule has 0 radical (unpaired) electrons. The molecule has 1 aliphatic rings. The van der Waals surface area contributed by atoms with Gasteiger partial charge in [0.25, 0.3) is 0 Å². The summed E-state index contributed by atoms with van der Waals surface area (Å²) >= 11 is 0. The van der Waals surface area contributed by atoms with Crippen molar-refractivity contribution in [2.45, 2.75) is 46.1 Å². The monoisotopic (exact) mass is 475 g/mol. The van der Waals surface area contributed by atoms with Crippen LogP contribution in [0, 0.1) is 13.8 Å². The fraction of sp³-hybridized carbons (Fsp3) is 0.650. The van der Waals surface area contributed by atoms with E-state index in [1.807, 2.05) is 0 Å². The Morgan fingerprint density at radius 2 is 2.00 bits per heavy atom. The molecule has 0 spiro atoms. The standard InChI is InChI=1S/C20H33N3O2.HI/c1-4-21-20(22-8-5-10-25-19-7-11-24-15-19)23-9-6-18-13-16(2)12-17(3)14-18;/h12-14,19H,4-11,15H2,1-3H3,(H2,21,22,23);1H. The van der Waals surface area contributed by atoms with E-state index in [9.17, 15) is 0 Å². The van der Waals surface area contributed by atoms with Crippen molar-refractivity contribution >= 4 is 29.9 Å². The van der Waals surface area contributed by atoms with E-state index in [-0.39, 0.29) is 30.1 Å². The third kappa shape index (κ3) is 9.19. The Bertz CT molecular complexity index is 526. The van der Waals surface area contributed by atoms with Gasteiger partial charge in [-0.2, -0.15) is 0 Å². The fourth-order valence-corrected chi connectivity index (χ4v) is 3.03. The summed E-state index contributed by atoms with van der Waals surface area (Å²) in [5, 5.41) is 6.72. The molecule has 1 aromatic rings. The largest absolute Gasteiger partial charge is 0.379 e. The number of hydrogen-bond acceptors (Lipinski definition) is 3. The zero-order valence-electron chi connectivity index (χ0n) is 16.3. The third-order valence-corrected chi connectivity index (χ3v) is 4.15. The minimum Gasteiger partial charge on any atom is -0.379 e. The highest BCUT2D eigenvalue weighted by molar-refractivity contribution is 14.0. The Morgan fingerprint density at radius 1 is 1.23 bits per heavy atom. The first-order chi connectivity index (χ1) is 12.2. The van der Waals surface area contributed by atoms with Gasteiger partial charge in [0.1, 0.15) is 0 Å². The molecule has 0 saturated carbocycles. The minimum atomic E-state index is 0. The molecule has 2 N–H and O–H groups in total. The van der Waals surface area contributed by atoms with Gasteiger partial charge in [0.05, 0.1) is 12.7 Å². The van der Waals surface area contributed by atoms with E-state index >= 15 is 0 Å². The number of rotatable bonds is 9. The second-order valence-corrected chi connectivity index (χ2v) is 6.64. The van der Waals surface area contributed by atoms with Crippen molar-refractivity contribution in [2.75, 3.05) is 39.5 Å². The molecule has 1 atom stereocenters. The van der Waals surface area contributed by atoms with Crippen LogP contribution < -0.4 is 10.6 Å². The normalized spacial score (nSPS) is 17.0. The fourth-order valence-electron chi connectivity index (χ4n) is 3.03. The van der Waals surface area contributed by atoms with Gasteiger partial charge in [-0.1, -0.05) is 29.3 Å². The molecule has 2 rings (SSSR count). The van der Waals surface area contributed by atoms with Gasteiger partial charge in [-0.15, -0.1) is 24.0 Å². The predicted octanol–water partition coefficient (Wildman–Crippen LogP) is 3.21. The third-order valence-electron chi connectivity index (χ3n) is 4.15. The molecule has 26 heavy (non-hydrogen) atoms. The summed E-state index contributed by atoms with van der Waals surface area (Å²) in [6.07, 6.45) is 3.24. The van der Waals surface area contributed by atoms with Crippen LogP contribution in [0.5, 0.6) is 0 Å². The number of nitrogens with zero attached hydrogens (tertiary/aromatic N) is 1. The Kier molecular flexibility index (Phi) is 11.9. The van der Waals surface area contributed by atoms with Gasteiger partial charge < -0.3 is 20.1 Å². The lowest BCUT2D eigenvalue weighted by atomic mass is 10.1. The highest BCUT2D eigenvalue weighted by atomic mass is 127. The smallest absolute Gasteiger partial charge is 0.191 e. The van der Waals surface area contributed by atoms with Crippen molar-refractivity contribution in [1.29, 1.82) is 0 Å². The number of aliphatic imine (C=N–C) groups is 1. The quantitative estimate of drug-likeness (QED) is 0.249. The maximum Gasteiger partial charge on any atom is 0.191 e. The van der Waals surface area contributed by atoms with Gasteiger partial charge in [-0.05, 0) is 45.6 Å². The molecular formula is C20H34IN3O2. The number of guanidine groups is 1. The molecule has 0 aliphatic carbocycles. The summed E-state index contributed by atoms with van der Waals surface area (Å²) in [6.45, 7) is 11.2. The van der Waals surface area contributed by atoms with Crippen LogP contribution >= 0.6 is 24.0 Å². The van der Waals surface area contributed by atoms with Gasteiger partial charge in [-0.3, -0.25) is 4.99 Å². The average Bonchev–Trinajstić information content (AvgIpc) is 3.07. The molecule has 1 fully saturated rings. The average molecular weight is 475 g/mol. The highest BCUT2D eigenvalue weighted by Crippen LogP contribution is 2.09. The van der Waals surface area contributed by atoms with Gasteiger partial charge in [0.15, 0.2) is 5.96 Å². The van der Waals surface area contributed by atoms with E-state index < -0.39 is 0 Å². The molecule has 0 aromatic heterocycles. The Hall–Kier alpha value is -0.860. The van der Waals surface area contributed by atoms with Crippen molar-refractivity contribution in [1.82, 2.24) is 10.6 Å². The van der Waals surface area contributed by atoms with Crippen molar-refractivity contribution in [3.05, 3.63) is 34.9 Å². The van der Waals surface area contributed by atoms with Gasteiger partial charge >= 0.3 is 0 Å². The first-order valence-corrected chi connectivity index (χ1v) is 9.46. The Morgan fingerprint density at radius 3 is 2.65 bits per heavy atom. The van der Waals surface area contributed by atoms with Crippen LogP contribution in [0.1, 0.15) is 36.5 Å². The molecule has 1 aromatic carbocycles. The molecule has 1 unspecified atom stereocenters. The van der Waals surface area contributed by atoms with Crippen LogP contribution in [0.2, 0.25) is 0 Å². The minimum absolute atomic E-state index is 0. The molecule has 0 amide bonds. The van der Waals surface area contributed by atoms with Crippen molar-refractivity contribution in [2.24, 2.45) is 4.99 Å². The molecular weight excluding hydrogens is 441 g/mol. The van der Waals surface area contributed by atoms with E-state index in [2.05, 4.69) is 54.6 Å². The molecule has 1 heterocycles. The van der Waals surface area contributed by atoms with Crippen molar-refractivity contribution in [3.8, 4) is 0 Å². The predicted molar refractivity (Wildman–Crippen MR) is 119 cm³/mol. The lowest BCUT2D eigenvalue weighted by Crippen LogP contribution is -2.38. The summed E-state index contributed by atoms with van der Waals surface area (Å²) in [5.74, 6) is 0.885. The number of aryl methyl sites for hydroxylation is 2. The van der Waals surface area contributed by atoms with E-state index in [1.54, 1.807) is 0 Å². The van der Waals surface area contributed by atoms with E-state index in [1.165, 1.54) is 16.7 Å². The zero-order valence-corrected chi connectivity index (χ0v) is 18.7. The summed E-state index contributed by atoms with van der Waals surface area (Å²) in [5.41, 5.74) is 4.01. The van der Waals surface area contributed by atoms with Crippen LogP contribution in [-0.2, 0) is 15.9 Å². The zero-order chi connectivity index (χ0) is 17.9. The first-order valence-electron chi connectivity index (χ1n) is 9.46. The topological polar surface area (TPSA) is 54.9 Å². The number of hydrogen-bond donors (Lipinski definition) is 2. The maximum atomic E-state index is 5.77. The van der Waals surface area contributed by atoms with Gasteiger partial charge in [0, 0.05) is 32.8 Å². The van der Waals surface area contributed by atoms with Crippen LogP contribution in [0.3, 0.4) is 0 Å². The van der Waals surface area contributed by atoms with E-state index in [0.29, 0.717) is 0 Å². The molecule has 0 bridgehead atoms. The molecule has 6 heteroatoms. The Balaban J connectivity index is 0.00000338. The number of ether oxygens (including phenoxy) is 2. The van der Waals surface area contributed by atoms with E-state index in [4.69, 9.17) is 9.47 Å². The number of halogens is 1. The molecule has 1 aliphatic heterocycles. The first kappa shape index (κ1) is 23.2. The Labute approximate surface area is 175 Å². The lowest BCUT2D eigenvalue weighted by Gasteiger charge is -2.12. The maximum absolute atomic E-state index is 5.77. The van der Waals surface area contributed by atoms with Crippen LogP contribution in [0.15, 0.2) is 23.2 Å². The summed E-state index contributed by atoms with van der Waals surface area (Å²) < 4.78 is 11.1. The second kappa shape index (κ2) is 13.3. The summed E-state index contributed by atoms with van der Waals surface area (Å²) in [4.78, 5) is 4.63. The van der Waals surface area contributed by atoms with E-state index in [0.717, 1.165) is 64.7 Å². The molecule has 5 nitrogen and oxygen atoms in total. The molecule has 148 valence electrons. The second-order valence-electron chi connectivity index (χ2n) is 6.64. The number of nitrogens with one attached hydrogen (secondary N) is 2. The molecule has 1 saturated heterocycles. The van der Waals surface area contributed by atoms with Gasteiger partial charge in [0.2, 0.25) is 0 Å². The van der Waals surface area contributed by atoms with Crippen LogP contribution in [0.4, 0.5) is 0 Å². The number of benzene rings is 1. The van der Waals surface area contributed by atoms with Gasteiger partial charge in [-0.25, -0.2) is 0 Å².